The first kappa shape index (κ1) is 110. The molecule has 147 heavy (non-hydrogen) atoms. The van der Waals surface area contributed by atoms with Crippen molar-refractivity contribution in [3.8, 4) is 62.7 Å². The Morgan fingerprint density at radius 1 is 0.327 bits per heavy atom. The van der Waals surface area contributed by atoms with Gasteiger partial charge in [-0.3, -0.25) is 0 Å². The molecule has 4 heterocycles. The lowest BCUT2D eigenvalue weighted by molar-refractivity contribution is -0.137. The first-order valence-corrected chi connectivity index (χ1v) is 52.5. The molecule has 0 unspecified atom stereocenters. The fourth-order valence-electron chi connectivity index (χ4n) is 20.0. The third kappa shape index (κ3) is 31.0. The predicted molar refractivity (Wildman–Crippen MR) is 589 cm³/mol. The number of halogens is 11. The van der Waals surface area contributed by atoms with Gasteiger partial charge in [0.25, 0.3) is 0 Å². The molecule has 5 fully saturated rings. The van der Waals surface area contributed by atoms with Crippen molar-refractivity contribution < 1.29 is 36.7 Å². The van der Waals surface area contributed by atoms with Crippen LogP contribution in [0.4, 0.5) is 59.5 Å². The number of nitrogens with one attached hydrogen (secondary N) is 8. The average Bonchev–Trinajstić information content (AvgIpc) is 1.56. The van der Waals surface area contributed by atoms with E-state index in [0.717, 1.165) is 216 Å². The number of piperidine rings is 4. The maximum absolute atomic E-state index is 13.4. The number of alkyl halides is 3. The van der Waals surface area contributed by atoms with E-state index in [1.165, 1.54) is 60.3 Å². The number of carbonyl (C=O) groups is 4. The smallest absolute Gasteiger partial charge is 0.337 e. The molecule has 12 aromatic carbocycles. The summed E-state index contributed by atoms with van der Waals surface area (Å²) < 4.78 is 53.1. The fourth-order valence-corrected chi connectivity index (χ4v) is 21.7. The van der Waals surface area contributed by atoms with Gasteiger partial charge in [-0.2, -0.15) is 29.0 Å². The maximum Gasteiger partial charge on any atom is 0.417 e. The second kappa shape index (κ2) is 52.1. The molecule has 1 saturated carbocycles. The third-order valence-electron chi connectivity index (χ3n) is 28.5. The molecule has 764 valence electrons. The Hall–Kier alpha value is -12.2. The SMILES string of the molecule is CCCN1CCC(CNC(=O)Nc2cc(Cl)cc(Cl)c2)(c2ccc(-c3cccc(C#N)c3)cc2)CC1.CCCN1CCC(CNC(=O)Nc2ccc(Cl)c(C(F)(F)F)c2)(c2ccc(-c3cccc(C#N)c3)cc2)CC1.CCCN1CCC(CNC(=O)Nc2ccc(F)c(Cl)c2)(c2ccc(-c3cccc(C#N)c3)cc2)CC1.O=C(NCC1(c2ccc(-c3cccc(Cl)c3)cc2)CCN(CC2CC2)CC1)Nc1cc(Cl)cc(Cl)c1. The molecule has 30 heteroatoms. The third-order valence-corrected chi connectivity index (χ3v) is 30.2. The monoisotopic (exact) mass is 2120 g/mol. The van der Waals surface area contributed by atoms with E-state index in [9.17, 15) is 52.5 Å². The van der Waals surface area contributed by atoms with Crippen molar-refractivity contribution in [3.63, 3.8) is 0 Å². The average molecular weight is 2120 g/mol. The van der Waals surface area contributed by atoms with Crippen molar-refractivity contribution >= 4 is 128 Å². The van der Waals surface area contributed by atoms with Gasteiger partial charge >= 0.3 is 30.3 Å². The van der Waals surface area contributed by atoms with Gasteiger partial charge in [0.1, 0.15) is 5.82 Å². The highest BCUT2D eigenvalue weighted by molar-refractivity contribution is 6.36. The highest BCUT2D eigenvalue weighted by Gasteiger charge is 2.43. The van der Waals surface area contributed by atoms with Crippen LogP contribution in [0.1, 0.15) is 149 Å². The van der Waals surface area contributed by atoms with Gasteiger partial charge in [0.2, 0.25) is 0 Å². The van der Waals surface area contributed by atoms with Crippen molar-refractivity contribution in [1.29, 1.82) is 15.8 Å². The van der Waals surface area contributed by atoms with Crippen LogP contribution in [0.5, 0.6) is 0 Å². The summed E-state index contributed by atoms with van der Waals surface area (Å²) in [5.74, 6) is 0.353. The van der Waals surface area contributed by atoms with Crippen LogP contribution >= 0.6 is 81.2 Å². The molecule has 0 radical (unpaired) electrons. The molecule has 8 N–H and O–H groups in total. The number of benzene rings is 12. The summed E-state index contributed by atoms with van der Waals surface area (Å²) in [6.07, 6.45) is 8.84. The summed E-state index contributed by atoms with van der Waals surface area (Å²) in [6, 6.07) is 87.0. The number of hydrogen-bond acceptors (Lipinski definition) is 11. The van der Waals surface area contributed by atoms with Crippen LogP contribution in [0, 0.1) is 45.7 Å². The Kier molecular flexibility index (Phi) is 39.1. The van der Waals surface area contributed by atoms with Crippen molar-refractivity contribution in [2.24, 2.45) is 5.92 Å². The van der Waals surface area contributed by atoms with Crippen molar-refractivity contribution in [2.75, 3.05) is 126 Å². The molecule has 0 spiro atoms. The molecule has 0 bridgehead atoms. The standard InChI is InChI=1S/C30H30ClF3N4O.C29H30Cl3N3O.C29H30Cl2N4O.C29H30ClFN4O/c1-2-14-38-15-12-29(13-16-38,24-8-6-22(7-9-24)23-5-3-4-21(17-23)19-35)20-36-28(39)37-25-10-11-27(31)26(18-25)30(32,33)34;30-24-3-1-2-22(14-24)21-6-8-23(9-7-21)29(10-12-35(13-11-29)18-20-4-5-20)19-33-28(36)34-27-16-25(31)15-26(32)17-27;1-2-12-35-13-10-29(11-14-35,20-33-28(36)34-27-17-25(30)16-26(31)18-27)24-8-6-22(7-9-24)23-5-3-4-21(15-23)19-32;1-2-14-35-15-12-29(13-16-35,20-33-28(36)34-25-10-11-27(31)26(30)18-25)24-8-6-22(7-9-24)23-5-3-4-21(17-23)19-32/h3-11,17-18H,2,12-16,20H2,1H3,(H2,36,37,39);1-3,6-9,14-17,20H,4-5,10-13,18-19H2,(H2,33,34,36);3-9,15-18H,2,10-14,20H2,1H3,(H2,33,34,36);3-11,17-18H,2,12-16,20H2,1H3,(H2,33,34,36). The van der Waals surface area contributed by atoms with Crippen LogP contribution in [-0.2, 0) is 27.8 Å². The zero-order valence-corrected chi connectivity index (χ0v) is 87.7. The van der Waals surface area contributed by atoms with Crippen LogP contribution in [0.3, 0.4) is 0 Å². The van der Waals surface area contributed by atoms with E-state index in [0.29, 0.717) is 80.0 Å². The van der Waals surface area contributed by atoms with Crippen LogP contribution in [-0.4, -0.2) is 148 Å². The van der Waals surface area contributed by atoms with Crippen molar-refractivity contribution in [3.05, 3.63) is 352 Å². The van der Waals surface area contributed by atoms with Crippen LogP contribution in [0.2, 0.25) is 35.2 Å². The van der Waals surface area contributed by atoms with Gasteiger partial charge in [0, 0.05) is 102 Å². The first-order chi connectivity index (χ1) is 70.8. The molecular weight excluding hydrogens is 2000 g/mol. The number of carbonyl (C=O) groups excluding carboxylic acids is 4. The number of nitrogens with zero attached hydrogens (tertiary/aromatic N) is 7. The molecule has 0 atom stereocenters. The van der Waals surface area contributed by atoms with E-state index in [-0.39, 0.29) is 50.5 Å². The molecule has 19 nitrogen and oxygen atoms in total. The summed E-state index contributed by atoms with van der Waals surface area (Å²) in [6.45, 7) is 20.6. The number of urea groups is 4. The van der Waals surface area contributed by atoms with E-state index in [2.05, 4.69) is 192 Å². The van der Waals surface area contributed by atoms with E-state index >= 15 is 0 Å². The summed E-state index contributed by atoms with van der Waals surface area (Å²) >= 11 is 42.1. The number of amides is 8. The molecule has 0 aromatic heterocycles. The van der Waals surface area contributed by atoms with E-state index < -0.39 is 28.6 Å². The molecule has 17 rings (SSSR count). The lowest BCUT2D eigenvalue weighted by atomic mass is 9.72. The fraction of sp³-hybridized carbons (Fsp3) is 0.325. The zero-order valence-electron chi connectivity index (χ0n) is 82.4. The Labute approximate surface area is 894 Å². The van der Waals surface area contributed by atoms with E-state index in [1.54, 1.807) is 48.5 Å². The Balaban J connectivity index is 0.000000155. The summed E-state index contributed by atoms with van der Waals surface area (Å²) in [5.41, 5.74) is 14.7. The molecule has 4 aliphatic heterocycles. The second-order valence-electron chi connectivity index (χ2n) is 38.7. The number of hydrogen-bond donors (Lipinski definition) is 8. The molecule has 5 aliphatic rings. The minimum atomic E-state index is -4.62. The Bertz CT molecular complexity index is 6610. The van der Waals surface area contributed by atoms with Gasteiger partial charge in [0.05, 0.1) is 50.5 Å². The van der Waals surface area contributed by atoms with Crippen LogP contribution in [0.15, 0.2) is 267 Å². The number of rotatable bonds is 28. The summed E-state index contributed by atoms with van der Waals surface area (Å²) in [4.78, 5) is 61.0. The molecule has 12 aromatic rings. The minimum Gasteiger partial charge on any atom is -0.337 e. The highest BCUT2D eigenvalue weighted by Crippen LogP contribution is 2.45. The molecule has 4 saturated heterocycles. The van der Waals surface area contributed by atoms with Gasteiger partial charge in [-0.1, -0.05) is 248 Å². The Morgan fingerprint density at radius 3 is 0.912 bits per heavy atom. The van der Waals surface area contributed by atoms with E-state index in [4.69, 9.17) is 81.2 Å². The number of nitriles is 3. The van der Waals surface area contributed by atoms with Crippen molar-refractivity contribution in [2.45, 2.75) is 132 Å². The lowest BCUT2D eigenvalue weighted by Gasteiger charge is -2.42. The zero-order chi connectivity index (χ0) is 104. The topological polar surface area (TPSA) is 249 Å². The number of likely N-dealkylation sites (tertiary alicyclic amines) is 4. The largest absolute Gasteiger partial charge is 0.417 e. The quantitative estimate of drug-likeness (QED) is 0.0214. The van der Waals surface area contributed by atoms with Crippen molar-refractivity contribution in [1.82, 2.24) is 40.9 Å². The molecule has 1 aliphatic carbocycles. The summed E-state index contributed by atoms with van der Waals surface area (Å²) in [7, 11) is 0. The molecular formula is C117H120Cl7F4N15O4. The van der Waals surface area contributed by atoms with Gasteiger partial charge in [-0.05, 0) is 349 Å². The normalized spacial score (nSPS) is 15.8. The molecule has 8 amide bonds. The van der Waals surface area contributed by atoms with Crippen LogP contribution in [0.25, 0.3) is 44.5 Å². The van der Waals surface area contributed by atoms with E-state index in [1.807, 2.05) is 91.0 Å². The number of anilines is 4. The van der Waals surface area contributed by atoms with Gasteiger partial charge < -0.3 is 62.1 Å². The second-order valence-corrected chi connectivity index (χ2v) is 41.7. The summed E-state index contributed by atoms with van der Waals surface area (Å²) in [5, 5.41) is 53.0. The first-order valence-electron chi connectivity index (χ1n) is 49.9. The van der Waals surface area contributed by atoms with Gasteiger partial charge in [-0.25, -0.2) is 23.6 Å². The lowest BCUT2D eigenvalue weighted by Crippen LogP contribution is -2.50. The highest BCUT2D eigenvalue weighted by atomic mass is 35.5. The minimum absolute atomic E-state index is 0.0139. The predicted octanol–water partition coefficient (Wildman–Crippen LogP) is 29.0. The van der Waals surface area contributed by atoms with Crippen LogP contribution < -0.4 is 42.5 Å². The van der Waals surface area contributed by atoms with Gasteiger partial charge in [-0.15, -0.1) is 0 Å². The maximum atomic E-state index is 13.4. The Morgan fingerprint density at radius 2 is 0.619 bits per heavy atom. The van der Waals surface area contributed by atoms with Gasteiger partial charge in [0.15, 0.2) is 0 Å².